The van der Waals surface area contributed by atoms with Crippen LogP contribution in [-0.4, -0.2) is 16.6 Å². The second-order valence-electron chi connectivity index (χ2n) is 5.09. The molecule has 0 bridgehead atoms. The van der Waals surface area contributed by atoms with Crippen molar-refractivity contribution < 1.29 is 4.74 Å². The average Bonchev–Trinajstić information content (AvgIpc) is 2.64. The molecule has 0 unspecified atom stereocenters. The van der Waals surface area contributed by atoms with E-state index < -0.39 is 0 Å². The number of hydrogen-bond donors (Lipinski definition) is 0. The highest BCUT2D eigenvalue weighted by molar-refractivity contribution is 5.57. The Bertz CT molecular complexity index is 738. The highest BCUT2D eigenvalue weighted by Gasteiger charge is 1.98. The predicted octanol–water partition coefficient (Wildman–Crippen LogP) is 4.37. The third kappa shape index (κ3) is 4.59. The maximum Gasteiger partial charge on any atom is 0.0886 e. The van der Waals surface area contributed by atoms with Crippen molar-refractivity contribution in [3.8, 4) is 11.4 Å². The second-order valence-corrected chi connectivity index (χ2v) is 5.09. The molecule has 0 aliphatic heterocycles. The number of rotatable bonds is 6. The van der Waals surface area contributed by atoms with E-state index in [4.69, 9.17) is 4.74 Å². The number of pyridine rings is 2. The van der Waals surface area contributed by atoms with E-state index in [0.717, 1.165) is 17.0 Å². The predicted molar refractivity (Wildman–Crippen MR) is 92.6 cm³/mol. The Kier molecular flexibility index (Phi) is 5.27. The molecule has 0 saturated carbocycles. The van der Waals surface area contributed by atoms with E-state index in [1.165, 1.54) is 5.56 Å². The van der Waals surface area contributed by atoms with Gasteiger partial charge in [-0.15, -0.1) is 0 Å². The molecular weight excluding hydrogens is 284 g/mol. The molecule has 3 nitrogen and oxygen atoms in total. The van der Waals surface area contributed by atoms with Crippen LogP contribution >= 0.6 is 0 Å². The number of nitrogens with zero attached hydrogens (tertiary/aromatic N) is 2. The first kappa shape index (κ1) is 15.1. The van der Waals surface area contributed by atoms with Crippen molar-refractivity contribution >= 4 is 6.08 Å². The van der Waals surface area contributed by atoms with E-state index >= 15 is 0 Å². The summed E-state index contributed by atoms with van der Waals surface area (Å²) >= 11 is 0. The van der Waals surface area contributed by atoms with Crippen molar-refractivity contribution in [1.82, 2.24) is 9.97 Å². The van der Waals surface area contributed by atoms with Gasteiger partial charge in [0.25, 0.3) is 0 Å². The van der Waals surface area contributed by atoms with Crippen molar-refractivity contribution in [2.75, 3.05) is 6.61 Å². The molecule has 0 amide bonds. The molecule has 3 heteroatoms. The zero-order valence-electron chi connectivity index (χ0n) is 12.8. The van der Waals surface area contributed by atoms with E-state index in [9.17, 15) is 0 Å². The third-order valence-corrected chi connectivity index (χ3v) is 3.35. The normalized spacial score (nSPS) is 11.0. The summed E-state index contributed by atoms with van der Waals surface area (Å²) in [5.74, 6) is 0. The van der Waals surface area contributed by atoms with E-state index in [0.29, 0.717) is 13.2 Å². The fourth-order valence-corrected chi connectivity index (χ4v) is 2.17. The first-order valence-electron chi connectivity index (χ1n) is 7.57. The van der Waals surface area contributed by atoms with Crippen LogP contribution in [0.5, 0.6) is 0 Å². The lowest BCUT2D eigenvalue weighted by Gasteiger charge is -2.01. The van der Waals surface area contributed by atoms with Gasteiger partial charge in [-0.2, -0.15) is 0 Å². The van der Waals surface area contributed by atoms with Crippen LogP contribution in [-0.2, 0) is 11.3 Å². The summed E-state index contributed by atoms with van der Waals surface area (Å²) in [4.78, 5) is 8.73. The zero-order valence-corrected chi connectivity index (χ0v) is 12.8. The second kappa shape index (κ2) is 8.01. The van der Waals surface area contributed by atoms with Crippen LogP contribution in [0.3, 0.4) is 0 Å². The Labute approximate surface area is 136 Å². The van der Waals surface area contributed by atoms with E-state index in [1.807, 2.05) is 66.9 Å². The lowest BCUT2D eigenvalue weighted by molar-refractivity contribution is 0.149. The minimum Gasteiger partial charge on any atom is -0.373 e. The van der Waals surface area contributed by atoms with Crippen molar-refractivity contribution in [3.05, 3.63) is 90.3 Å². The molecule has 0 atom stereocenters. The van der Waals surface area contributed by atoms with Crippen LogP contribution in [0, 0.1) is 0 Å². The van der Waals surface area contributed by atoms with E-state index in [1.54, 1.807) is 6.20 Å². The molecule has 0 N–H and O–H groups in total. The van der Waals surface area contributed by atoms with Crippen LogP contribution in [0.4, 0.5) is 0 Å². The molecule has 3 aromatic rings. The molecule has 23 heavy (non-hydrogen) atoms. The molecule has 2 aromatic heterocycles. The first-order chi connectivity index (χ1) is 11.4. The third-order valence-electron chi connectivity index (χ3n) is 3.35. The van der Waals surface area contributed by atoms with Gasteiger partial charge in [0.2, 0.25) is 0 Å². The van der Waals surface area contributed by atoms with Crippen molar-refractivity contribution in [2.24, 2.45) is 0 Å². The monoisotopic (exact) mass is 302 g/mol. The fraction of sp³-hybridized carbons (Fsp3) is 0.100. The van der Waals surface area contributed by atoms with Gasteiger partial charge in [-0.25, -0.2) is 0 Å². The molecule has 1 aromatic carbocycles. The molecule has 114 valence electrons. The highest BCUT2D eigenvalue weighted by Crippen LogP contribution is 2.14. The summed E-state index contributed by atoms with van der Waals surface area (Å²) < 4.78 is 5.62. The van der Waals surface area contributed by atoms with Crippen molar-refractivity contribution in [1.29, 1.82) is 0 Å². The van der Waals surface area contributed by atoms with Gasteiger partial charge in [0.15, 0.2) is 0 Å². The van der Waals surface area contributed by atoms with Gasteiger partial charge in [-0.05, 0) is 29.3 Å². The molecule has 0 aliphatic carbocycles. The smallest absolute Gasteiger partial charge is 0.0886 e. The highest BCUT2D eigenvalue weighted by atomic mass is 16.5. The largest absolute Gasteiger partial charge is 0.373 e. The maximum absolute atomic E-state index is 5.62. The lowest BCUT2D eigenvalue weighted by Crippen LogP contribution is -1.92. The van der Waals surface area contributed by atoms with Crippen LogP contribution < -0.4 is 0 Å². The Balaban J connectivity index is 1.50. The topological polar surface area (TPSA) is 35.0 Å². The van der Waals surface area contributed by atoms with Crippen LogP contribution in [0.2, 0.25) is 0 Å². The first-order valence-corrected chi connectivity index (χ1v) is 7.57. The van der Waals surface area contributed by atoms with Crippen LogP contribution in [0.1, 0.15) is 11.1 Å². The molecular formula is C20H18N2O. The maximum atomic E-state index is 5.62. The van der Waals surface area contributed by atoms with E-state index in [-0.39, 0.29) is 0 Å². The Morgan fingerprint density at radius 3 is 2.39 bits per heavy atom. The van der Waals surface area contributed by atoms with Gasteiger partial charge in [0.1, 0.15) is 0 Å². The van der Waals surface area contributed by atoms with Gasteiger partial charge in [-0.3, -0.25) is 9.97 Å². The molecule has 0 aliphatic rings. The van der Waals surface area contributed by atoms with Crippen LogP contribution in [0.25, 0.3) is 17.5 Å². The summed E-state index contributed by atoms with van der Waals surface area (Å²) in [6.45, 7) is 1.21. The Hall–Kier alpha value is -2.78. The number of hydrogen-bond acceptors (Lipinski definition) is 3. The summed E-state index contributed by atoms with van der Waals surface area (Å²) in [6.07, 6.45) is 7.63. The zero-order chi connectivity index (χ0) is 15.7. The van der Waals surface area contributed by atoms with Gasteiger partial charge in [0.05, 0.1) is 24.6 Å². The number of aromatic nitrogens is 2. The number of ether oxygens (including phenoxy) is 1. The quantitative estimate of drug-likeness (QED) is 0.634. The molecule has 0 radical (unpaired) electrons. The molecule has 3 rings (SSSR count). The number of benzene rings is 1. The van der Waals surface area contributed by atoms with Crippen LogP contribution in [0.15, 0.2) is 79.1 Å². The summed E-state index contributed by atoms with van der Waals surface area (Å²) in [5, 5.41) is 0. The molecule has 0 saturated heterocycles. The molecule has 0 fully saturated rings. The van der Waals surface area contributed by atoms with Crippen molar-refractivity contribution in [2.45, 2.75) is 6.61 Å². The van der Waals surface area contributed by atoms with Crippen molar-refractivity contribution in [3.63, 3.8) is 0 Å². The van der Waals surface area contributed by atoms with Gasteiger partial charge >= 0.3 is 0 Å². The summed E-state index contributed by atoms with van der Waals surface area (Å²) in [6, 6.07) is 20.0. The standard InChI is InChI=1S/C20H18N2O/c1-2-7-18(8-3-1)16-23-14-6-9-17-11-12-20(22-15-17)19-10-4-5-13-21-19/h1-13,15H,14,16H2/b9-6+. The summed E-state index contributed by atoms with van der Waals surface area (Å²) in [5.41, 5.74) is 3.99. The van der Waals surface area contributed by atoms with Gasteiger partial charge in [-0.1, -0.05) is 54.6 Å². The Morgan fingerprint density at radius 1 is 0.826 bits per heavy atom. The average molecular weight is 302 g/mol. The minimum atomic E-state index is 0.580. The Morgan fingerprint density at radius 2 is 1.65 bits per heavy atom. The summed E-state index contributed by atoms with van der Waals surface area (Å²) in [7, 11) is 0. The van der Waals surface area contributed by atoms with Gasteiger partial charge in [0, 0.05) is 12.4 Å². The molecule has 0 spiro atoms. The fourth-order valence-electron chi connectivity index (χ4n) is 2.17. The minimum absolute atomic E-state index is 0.580. The lowest BCUT2D eigenvalue weighted by atomic mass is 10.2. The SMILES string of the molecule is C(=C\c1ccc(-c2ccccn2)nc1)/COCc1ccccc1. The van der Waals surface area contributed by atoms with Gasteiger partial charge < -0.3 is 4.74 Å². The molecule has 2 heterocycles. The van der Waals surface area contributed by atoms with E-state index in [2.05, 4.69) is 22.1 Å².